The Morgan fingerprint density at radius 1 is 1.16 bits per heavy atom. The van der Waals surface area contributed by atoms with Gasteiger partial charge >= 0.3 is 0 Å². The molecular weight excluding hydrogens is 248 g/mol. The number of hydrogen-bond acceptors (Lipinski definition) is 5. The van der Waals surface area contributed by atoms with Gasteiger partial charge in [-0.05, 0) is 0 Å². The van der Waals surface area contributed by atoms with Crippen molar-refractivity contribution in [3.05, 3.63) is 35.9 Å². The Hall–Kier alpha value is -0.980. The van der Waals surface area contributed by atoms with E-state index in [0.717, 1.165) is 5.56 Å². The first kappa shape index (κ1) is 13.0. The molecule has 19 heavy (non-hydrogen) atoms. The Kier molecular flexibility index (Phi) is 3.81. The van der Waals surface area contributed by atoms with E-state index >= 15 is 0 Å². The van der Waals surface area contributed by atoms with Gasteiger partial charge in [-0.1, -0.05) is 30.3 Å². The normalized spacial score (nSPS) is 38.7. The third kappa shape index (κ3) is 2.66. The largest absolute Gasteiger partial charge is 0.388 e. The maximum Gasteiger partial charge on any atom is 0.184 e. The second kappa shape index (κ2) is 5.56. The van der Waals surface area contributed by atoms with E-state index in [0.29, 0.717) is 13.0 Å². The molecular formula is C14H18O5. The van der Waals surface area contributed by atoms with Gasteiger partial charge in [0.05, 0.1) is 12.7 Å². The molecule has 3 rings (SSSR count). The lowest BCUT2D eigenvalue weighted by Crippen LogP contribution is -2.53. The first-order valence-corrected chi connectivity index (χ1v) is 6.46. The zero-order chi connectivity index (χ0) is 13.2. The van der Waals surface area contributed by atoms with E-state index < -0.39 is 18.7 Å². The topological polar surface area (TPSA) is 57.2 Å². The molecule has 5 atom stereocenters. The van der Waals surface area contributed by atoms with Gasteiger partial charge in [-0.25, -0.2) is 0 Å². The van der Waals surface area contributed by atoms with Gasteiger partial charge in [-0.15, -0.1) is 0 Å². The van der Waals surface area contributed by atoms with E-state index in [2.05, 4.69) is 0 Å². The van der Waals surface area contributed by atoms with Gasteiger partial charge in [0, 0.05) is 19.1 Å². The summed E-state index contributed by atoms with van der Waals surface area (Å²) in [5.74, 6) is 0. The van der Waals surface area contributed by atoms with Crippen LogP contribution in [0.3, 0.4) is 0 Å². The summed E-state index contributed by atoms with van der Waals surface area (Å²) in [5, 5.41) is 9.89. The van der Waals surface area contributed by atoms with E-state index in [4.69, 9.17) is 18.9 Å². The van der Waals surface area contributed by atoms with Gasteiger partial charge in [-0.2, -0.15) is 0 Å². The van der Waals surface area contributed by atoms with Crippen LogP contribution in [0.1, 0.15) is 18.3 Å². The quantitative estimate of drug-likeness (QED) is 0.872. The van der Waals surface area contributed by atoms with Crippen molar-refractivity contribution in [3.8, 4) is 0 Å². The van der Waals surface area contributed by atoms with E-state index in [1.54, 1.807) is 0 Å². The summed E-state index contributed by atoms with van der Waals surface area (Å²) in [6.07, 6.45) is -1.51. The number of rotatable bonds is 2. The Morgan fingerprint density at radius 2 is 1.95 bits per heavy atom. The summed E-state index contributed by atoms with van der Waals surface area (Å²) in [6.45, 7) is 0.441. The molecule has 2 fully saturated rings. The molecule has 0 amide bonds. The van der Waals surface area contributed by atoms with E-state index in [9.17, 15) is 5.11 Å². The molecule has 0 spiro atoms. The number of benzene rings is 1. The van der Waals surface area contributed by atoms with Gasteiger partial charge in [-0.3, -0.25) is 0 Å². The number of aliphatic hydroxyl groups excluding tert-OH is 1. The third-order valence-corrected chi connectivity index (χ3v) is 3.53. The van der Waals surface area contributed by atoms with Crippen LogP contribution in [0.25, 0.3) is 0 Å². The van der Waals surface area contributed by atoms with Crippen LogP contribution in [0.5, 0.6) is 0 Å². The fourth-order valence-electron chi connectivity index (χ4n) is 2.52. The third-order valence-electron chi connectivity index (χ3n) is 3.53. The number of fused-ring (bicyclic) bond motifs is 1. The van der Waals surface area contributed by atoms with Gasteiger partial charge in [0.1, 0.15) is 12.2 Å². The maximum atomic E-state index is 9.89. The molecule has 1 unspecified atom stereocenters. The van der Waals surface area contributed by atoms with Crippen LogP contribution in [-0.2, 0) is 18.9 Å². The standard InChI is InChI=1S/C14H18O5/c1-16-14-10(15)7-11-12(19-14)8-17-13(18-11)9-5-3-2-4-6-9/h2-6,10-15H,7-8H2,1H3/t10-,11-,12-,13?,14-/m1/s1. The number of methoxy groups -OCH3 is 1. The van der Waals surface area contributed by atoms with Crippen molar-refractivity contribution in [1.82, 2.24) is 0 Å². The van der Waals surface area contributed by atoms with Crippen LogP contribution in [0.15, 0.2) is 30.3 Å². The van der Waals surface area contributed by atoms with Crippen molar-refractivity contribution < 1.29 is 24.1 Å². The second-order valence-electron chi connectivity index (χ2n) is 4.83. The lowest BCUT2D eigenvalue weighted by atomic mass is 10.0. The smallest absolute Gasteiger partial charge is 0.184 e. The van der Waals surface area contributed by atoms with Crippen LogP contribution in [-0.4, -0.2) is 43.4 Å². The lowest BCUT2D eigenvalue weighted by molar-refractivity contribution is -0.333. The van der Waals surface area contributed by atoms with Gasteiger partial charge in [0.15, 0.2) is 12.6 Å². The molecule has 2 aliphatic rings. The minimum Gasteiger partial charge on any atom is -0.388 e. The number of aliphatic hydroxyl groups is 1. The van der Waals surface area contributed by atoms with Gasteiger partial charge in [0.2, 0.25) is 0 Å². The molecule has 1 N–H and O–H groups in total. The van der Waals surface area contributed by atoms with Gasteiger partial charge < -0.3 is 24.1 Å². The zero-order valence-corrected chi connectivity index (χ0v) is 10.8. The average molecular weight is 266 g/mol. The highest BCUT2D eigenvalue weighted by Crippen LogP contribution is 2.33. The zero-order valence-electron chi connectivity index (χ0n) is 10.8. The van der Waals surface area contributed by atoms with Gasteiger partial charge in [0.25, 0.3) is 0 Å². The molecule has 0 aliphatic carbocycles. The Labute approximate surface area is 112 Å². The minimum atomic E-state index is -0.666. The van der Waals surface area contributed by atoms with Crippen molar-refractivity contribution >= 4 is 0 Å². The monoisotopic (exact) mass is 266 g/mol. The Morgan fingerprint density at radius 3 is 2.68 bits per heavy atom. The summed E-state index contributed by atoms with van der Waals surface area (Å²) in [5.41, 5.74) is 0.976. The maximum absolute atomic E-state index is 9.89. The highest BCUT2D eigenvalue weighted by atomic mass is 16.7. The number of hydrogen-bond donors (Lipinski definition) is 1. The molecule has 5 heteroatoms. The highest BCUT2D eigenvalue weighted by molar-refractivity contribution is 5.16. The van der Waals surface area contributed by atoms with Crippen molar-refractivity contribution in [3.63, 3.8) is 0 Å². The molecule has 1 aromatic rings. The minimum absolute atomic E-state index is 0.166. The molecule has 0 bridgehead atoms. The van der Waals surface area contributed by atoms with Crippen molar-refractivity contribution in [2.24, 2.45) is 0 Å². The molecule has 2 heterocycles. The van der Waals surface area contributed by atoms with E-state index in [1.165, 1.54) is 7.11 Å². The first-order valence-electron chi connectivity index (χ1n) is 6.46. The first-order chi connectivity index (χ1) is 9.28. The summed E-state index contributed by atoms with van der Waals surface area (Å²) >= 11 is 0. The lowest BCUT2D eigenvalue weighted by Gasteiger charge is -2.43. The predicted molar refractivity (Wildman–Crippen MR) is 66.3 cm³/mol. The van der Waals surface area contributed by atoms with Crippen molar-refractivity contribution in [2.75, 3.05) is 13.7 Å². The molecule has 0 saturated carbocycles. The van der Waals surface area contributed by atoms with E-state index in [-0.39, 0.29) is 12.2 Å². The molecule has 104 valence electrons. The van der Waals surface area contributed by atoms with Crippen LogP contribution < -0.4 is 0 Å². The van der Waals surface area contributed by atoms with Crippen LogP contribution >= 0.6 is 0 Å². The van der Waals surface area contributed by atoms with E-state index in [1.807, 2.05) is 30.3 Å². The predicted octanol–water partition coefficient (Wildman–Crippen LogP) is 1.22. The summed E-state index contributed by atoms with van der Waals surface area (Å²) in [4.78, 5) is 0. The van der Waals surface area contributed by atoms with Crippen molar-refractivity contribution in [1.29, 1.82) is 0 Å². The SMILES string of the molecule is CO[C@@H]1O[C@@H]2COC(c3ccccc3)O[C@@H]2C[C@H]1O. The van der Waals surface area contributed by atoms with Crippen LogP contribution in [0.4, 0.5) is 0 Å². The summed E-state index contributed by atoms with van der Waals surface area (Å²) < 4.78 is 22.2. The van der Waals surface area contributed by atoms with Crippen LogP contribution in [0, 0.1) is 0 Å². The fourth-order valence-corrected chi connectivity index (χ4v) is 2.52. The second-order valence-corrected chi connectivity index (χ2v) is 4.83. The molecule has 0 aromatic heterocycles. The summed E-state index contributed by atoms with van der Waals surface area (Å²) in [6, 6.07) is 9.76. The Bertz CT molecular complexity index is 410. The molecule has 1 aromatic carbocycles. The average Bonchev–Trinajstić information content (AvgIpc) is 2.47. The summed E-state index contributed by atoms with van der Waals surface area (Å²) in [7, 11) is 1.52. The number of ether oxygens (including phenoxy) is 4. The Balaban J connectivity index is 1.68. The molecule has 0 radical (unpaired) electrons. The molecule has 2 saturated heterocycles. The highest BCUT2D eigenvalue weighted by Gasteiger charge is 2.42. The molecule has 5 nitrogen and oxygen atoms in total. The van der Waals surface area contributed by atoms with Crippen LogP contribution in [0.2, 0.25) is 0 Å². The fraction of sp³-hybridized carbons (Fsp3) is 0.571. The molecule has 2 aliphatic heterocycles. The van der Waals surface area contributed by atoms with Crippen molar-refractivity contribution in [2.45, 2.75) is 37.3 Å².